The molecular formula is C18H24FN3O3. The van der Waals surface area contributed by atoms with Crippen molar-refractivity contribution in [3.05, 3.63) is 42.2 Å². The van der Waals surface area contributed by atoms with Gasteiger partial charge in [-0.1, -0.05) is 13.0 Å². The second-order valence-electron chi connectivity index (χ2n) is 5.83. The molecular weight excluding hydrogens is 325 g/mol. The molecule has 0 aromatic heterocycles. The first-order valence-electron chi connectivity index (χ1n) is 8.40. The van der Waals surface area contributed by atoms with Crippen LogP contribution < -0.4 is 10.6 Å². The molecule has 1 fully saturated rings. The van der Waals surface area contributed by atoms with E-state index in [4.69, 9.17) is 4.74 Å². The van der Waals surface area contributed by atoms with Crippen molar-refractivity contribution in [1.29, 1.82) is 0 Å². The molecule has 0 spiro atoms. The molecule has 0 bridgehead atoms. The number of anilines is 1. The summed E-state index contributed by atoms with van der Waals surface area (Å²) in [5.74, 6) is -1.03. The average molecular weight is 349 g/mol. The van der Waals surface area contributed by atoms with Crippen molar-refractivity contribution in [2.45, 2.75) is 25.8 Å². The highest BCUT2D eigenvalue weighted by molar-refractivity contribution is 5.96. The van der Waals surface area contributed by atoms with Crippen molar-refractivity contribution in [2.75, 3.05) is 31.6 Å². The predicted molar refractivity (Wildman–Crippen MR) is 94.2 cm³/mol. The second-order valence-corrected chi connectivity index (χ2v) is 5.83. The molecule has 0 aliphatic carbocycles. The largest absolute Gasteiger partial charge is 0.378 e. The normalized spacial score (nSPS) is 15.4. The summed E-state index contributed by atoms with van der Waals surface area (Å²) in [7, 11) is 0. The van der Waals surface area contributed by atoms with Gasteiger partial charge in [-0.25, -0.2) is 9.18 Å². The number of carbonyl (C=O) groups is 2. The van der Waals surface area contributed by atoms with Gasteiger partial charge in [0.15, 0.2) is 0 Å². The third kappa shape index (κ3) is 5.29. The van der Waals surface area contributed by atoms with Crippen LogP contribution in [0.1, 0.15) is 30.1 Å². The summed E-state index contributed by atoms with van der Waals surface area (Å²) in [4.78, 5) is 25.9. The zero-order valence-corrected chi connectivity index (χ0v) is 14.4. The van der Waals surface area contributed by atoms with Crippen LogP contribution >= 0.6 is 0 Å². The number of morpholine rings is 1. The lowest BCUT2D eigenvalue weighted by molar-refractivity contribution is 0.0300. The first kappa shape index (κ1) is 18.9. The molecule has 0 saturated carbocycles. The van der Waals surface area contributed by atoms with Crippen molar-refractivity contribution < 1.29 is 18.7 Å². The maximum atomic E-state index is 14.3. The Morgan fingerprint density at radius 3 is 2.72 bits per heavy atom. The molecule has 1 saturated heterocycles. The molecule has 1 aromatic rings. The summed E-state index contributed by atoms with van der Waals surface area (Å²) in [5.41, 5.74) is 0.285. The Balaban J connectivity index is 1.99. The summed E-state index contributed by atoms with van der Waals surface area (Å²) >= 11 is 0. The van der Waals surface area contributed by atoms with Gasteiger partial charge < -0.3 is 20.3 Å². The van der Waals surface area contributed by atoms with Crippen LogP contribution in [0.25, 0.3) is 0 Å². The number of rotatable bonds is 6. The number of carbonyl (C=O) groups excluding carboxylic acids is 2. The Morgan fingerprint density at radius 2 is 2.12 bits per heavy atom. The van der Waals surface area contributed by atoms with E-state index in [1.54, 1.807) is 11.0 Å². The fraction of sp³-hybridized carbons (Fsp3) is 0.444. The van der Waals surface area contributed by atoms with Crippen LogP contribution in [0.4, 0.5) is 14.9 Å². The molecule has 2 rings (SSSR count). The van der Waals surface area contributed by atoms with Gasteiger partial charge in [0.25, 0.3) is 5.91 Å². The molecule has 25 heavy (non-hydrogen) atoms. The average Bonchev–Trinajstić information content (AvgIpc) is 2.61. The van der Waals surface area contributed by atoms with Gasteiger partial charge in [-0.15, -0.1) is 6.58 Å². The Morgan fingerprint density at radius 1 is 1.40 bits per heavy atom. The fourth-order valence-electron chi connectivity index (χ4n) is 2.58. The van der Waals surface area contributed by atoms with Gasteiger partial charge in [-0.05, 0) is 31.0 Å². The molecule has 136 valence electrons. The van der Waals surface area contributed by atoms with Crippen molar-refractivity contribution in [3.63, 3.8) is 0 Å². The number of hydrogen-bond donors (Lipinski definition) is 2. The minimum absolute atomic E-state index is 0.00838. The first-order chi connectivity index (χ1) is 12.0. The summed E-state index contributed by atoms with van der Waals surface area (Å²) < 4.78 is 19.5. The van der Waals surface area contributed by atoms with E-state index < -0.39 is 11.8 Å². The molecule has 1 aliphatic heterocycles. The van der Waals surface area contributed by atoms with E-state index in [1.165, 1.54) is 12.1 Å². The van der Waals surface area contributed by atoms with Crippen LogP contribution in [-0.2, 0) is 4.74 Å². The number of halogens is 1. The molecule has 2 N–H and O–H groups in total. The highest BCUT2D eigenvalue weighted by Gasteiger charge is 2.21. The Kier molecular flexibility index (Phi) is 6.94. The smallest absolute Gasteiger partial charge is 0.319 e. The minimum Gasteiger partial charge on any atom is -0.378 e. The fourth-order valence-corrected chi connectivity index (χ4v) is 2.58. The summed E-state index contributed by atoms with van der Waals surface area (Å²) in [5, 5.41) is 5.37. The van der Waals surface area contributed by atoms with Crippen LogP contribution in [0.3, 0.4) is 0 Å². The third-order valence-corrected chi connectivity index (χ3v) is 4.03. The maximum absolute atomic E-state index is 14.3. The molecule has 0 unspecified atom stereocenters. The van der Waals surface area contributed by atoms with Gasteiger partial charge in [0.1, 0.15) is 5.82 Å². The summed E-state index contributed by atoms with van der Waals surface area (Å²) in [6, 6.07) is 3.63. The van der Waals surface area contributed by atoms with Crippen molar-refractivity contribution in [1.82, 2.24) is 10.2 Å². The van der Waals surface area contributed by atoms with Crippen LogP contribution in [-0.4, -0.2) is 49.2 Å². The van der Waals surface area contributed by atoms with Gasteiger partial charge >= 0.3 is 6.03 Å². The molecule has 1 aromatic carbocycles. The zero-order chi connectivity index (χ0) is 18.2. The van der Waals surface area contributed by atoms with E-state index in [0.29, 0.717) is 38.4 Å². The number of hydrogen-bond acceptors (Lipinski definition) is 3. The van der Waals surface area contributed by atoms with E-state index >= 15 is 0 Å². The van der Waals surface area contributed by atoms with Crippen LogP contribution in [0.2, 0.25) is 0 Å². The van der Waals surface area contributed by atoms with E-state index in [0.717, 1.165) is 12.5 Å². The molecule has 3 amide bonds. The predicted octanol–water partition coefficient (Wildman–Crippen LogP) is 2.77. The topological polar surface area (TPSA) is 70.7 Å². The Labute approximate surface area is 147 Å². The van der Waals surface area contributed by atoms with Crippen molar-refractivity contribution in [3.8, 4) is 0 Å². The van der Waals surface area contributed by atoms with E-state index in [2.05, 4.69) is 17.2 Å². The number of ether oxygens (including phenoxy) is 1. The molecule has 1 heterocycles. The number of benzene rings is 1. The van der Waals surface area contributed by atoms with E-state index in [9.17, 15) is 14.0 Å². The maximum Gasteiger partial charge on any atom is 0.319 e. The quantitative estimate of drug-likeness (QED) is 0.776. The van der Waals surface area contributed by atoms with Crippen LogP contribution in [0.15, 0.2) is 30.9 Å². The summed E-state index contributed by atoms with van der Waals surface area (Å²) in [6.45, 7) is 7.41. The number of amides is 3. The number of urea groups is 1. The number of nitrogens with zero attached hydrogens (tertiary/aromatic N) is 1. The van der Waals surface area contributed by atoms with Crippen LogP contribution in [0.5, 0.6) is 0 Å². The lowest BCUT2D eigenvalue weighted by atomic mass is 10.1. The molecule has 0 radical (unpaired) electrons. The molecule has 6 nitrogen and oxygen atoms in total. The Bertz CT molecular complexity index is 630. The van der Waals surface area contributed by atoms with Crippen molar-refractivity contribution >= 4 is 17.6 Å². The molecule has 1 aliphatic rings. The minimum atomic E-state index is -0.660. The van der Waals surface area contributed by atoms with Gasteiger partial charge in [0.05, 0.1) is 18.8 Å². The van der Waals surface area contributed by atoms with E-state index in [-0.39, 0.29) is 17.5 Å². The highest BCUT2D eigenvalue weighted by atomic mass is 19.1. The second kappa shape index (κ2) is 9.17. The molecule has 1 atom stereocenters. The van der Waals surface area contributed by atoms with Gasteiger partial charge in [0.2, 0.25) is 0 Å². The highest BCUT2D eigenvalue weighted by Crippen LogP contribution is 2.17. The zero-order valence-electron chi connectivity index (χ0n) is 14.4. The standard InChI is InChI=1S/C18H24FN3O3/c1-3-5-13(4-2)20-18(24)21-14-6-7-15(16(19)12-14)17(23)22-8-10-25-11-9-22/h3,6-7,12-13H,1,4-5,8-11H2,2H3,(H2,20,21,24)/t13-/m0/s1. The lowest BCUT2D eigenvalue weighted by Gasteiger charge is -2.27. The lowest BCUT2D eigenvalue weighted by Crippen LogP contribution is -2.41. The first-order valence-corrected chi connectivity index (χ1v) is 8.40. The van der Waals surface area contributed by atoms with Gasteiger partial charge in [-0.3, -0.25) is 4.79 Å². The summed E-state index contributed by atoms with van der Waals surface area (Å²) in [6.07, 6.45) is 3.16. The SMILES string of the molecule is C=CC[C@H](CC)NC(=O)Nc1ccc(C(=O)N2CCOCC2)c(F)c1. The van der Waals surface area contributed by atoms with Gasteiger partial charge in [-0.2, -0.15) is 0 Å². The van der Waals surface area contributed by atoms with Crippen molar-refractivity contribution in [2.24, 2.45) is 0 Å². The van der Waals surface area contributed by atoms with E-state index in [1.807, 2.05) is 6.92 Å². The number of nitrogens with one attached hydrogen (secondary N) is 2. The monoisotopic (exact) mass is 349 g/mol. The third-order valence-electron chi connectivity index (χ3n) is 4.03. The molecule has 7 heteroatoms. The van der Waals surface area contributed by atoms with Crippen LogP contribution in [0, 0.1) is 5.82 Å². The van der Waals surface area contributed by atoms with Gasteiger partial charge in [0, 0.05) is 24.8 Å². The Hall–Kier alpha value is -2.41.